The van der Waals surface area contributed by atoms with E-state index in [9.17, 15) is 9.59 Å². The van der Waals surface area contributed by atoms with Crippen LogP contribution >= 0.6 is 12.4 Å². The third kappa shape index (κ3) is 7.32. The Hall–Kier alpha value is -1.79. The van der Waals surface area contributed by atoms with Gasteiger partial charge < -0.3 is 21.7 Å². The van der Waals surface area contributed by atoms with Gasteiger partial charge in [0.15, 0.2) is 0 Å². The zero-order valence-corrected chi connectivity index (χ0v) is 15.9. The predicted molar refractivity (Wildman–Crippen MR) is 103 cm³/mol. The van der Waals surface area contributed by atoms with Crippen LogP contribution < -0.4 is 21.7 Å². The van der Waals surface area contributed by atoms with E-state index in [0.717, 1.165) is 24.1 Å². The molecule has 25 heavy (non-hydrogen) atoms. The van der Waals surface area contributed by atoms with Gasteiger partial charge >= 0.3 is 6.03 Å². The Bertz CT molecular complexity index is 573. The second-order valence-corrected chi connectivity index (χ2v) is 6.96. The number of carbonyl (C=O) groups excluding carboxylic acids is 2. The van der Waals surface area contributed by atoms with Gasteiger partial charge in [-0.25, -0.2) is 4.79 Å². The molecule has 0 aromatic heterocycles. The predicted octanol–water partition coefficient (Wildman–Crippen LogP) is 2.94. The Morgan fingerprint density at radius 1 is 1.16 bits per heavy atom. The smallest absolute Gasteiger partial charge is 0.319 e. The first kappa shape index (κ1) is 21.3. The van der Waals surface area contributed by atoms with E-state index in [-0.39, 0.29) is 30.4 Å². The first-order valence-electron chi connectivity index (χ1n) is 8.58. The van der Waals surface area contributed by atoms with Gasteiger partial charge in [0.25, 0.3) is 0 Å². The van der Waals surface area contributed by atoms with E-state index in [1.165, 1.54) is 0 Å². The summed E-state index contributed by atoms with van der Waals surface area (Å²) in [5, 5.41) is 8.61. The van der Waals surface area contributed by atoms with Crippen LogP contribution in [-0.4, -0.2) is 24.0 Å². The van der Waals surface area contributed by atoms with Gasteiger partial charge in [-0.3, -0.25) is 4.79 Å². The van der Waals surface area contributed by atoms with Crippen molar-refractivity contribution in [3.63, 3.8) is 0 Å². The van der Waals surface area contributed by atoms with Crippen LogP contribution in [0, 0.1) is 5.92 Å². The van der Waals surface area contributed by atoms with E-state index in [2.05, 4.69) is 16.0 Å². The molecule has 1 unspecified atom stereocenters. The van der Waals surface area contributed by atoms with Crippen LogP contribution in [0.2, 0.25) is 0 Å². The molecule has 1 aromatic rings. The minimum absolute atomic E-state index is 0. The highest BCUT2D eigenvalue weighted by Gasteiger charge is 2.23. The summed E-state index contributed by atoms with van der Waals surface area (Å²) in [4.78, 5) is 23.8. The first-order chi connectivity index (χ1) is 11.3. The minimum Gasteiger partial charge on any atom is -0.348 e. The summed E-state index contributed by atoms with van der Waals surface area (Å²) in [6.45, 7) is 6.01. The molecule has 1 fully saturated rings. The Kier molecular flexibility index (Phi) is 8.19. The van der Waals surface area contributed by atoms with Crippen molar-refractivity contribution in [2.24, 2.45) is 11.7 Å². The van der Waals surface area contributed by atoms with Crippen LogP contribution in [0.25, 0.3) is 0 Å². The number of carbonyl (C=O) groups is 2. The topological polar surface area (TPSA) is 96.2 Å². The maximum Gasteiger partial charge on any atom is 0.319 e. The normalized spacial score (nSPS) is 15.7. The van der Waals surface area contributed by atoms with Crippen molar-refractivity contribution in [2.45, 2.75) is 58.2 Å². The summed E-state index contributed by atoms with van der Waals surface area (Å²) in [7, 11) is 0. The van der Waals surface area contributed by atoms with Crippen LogP contribution in [0.1, 0.15) is 51.6 Å². The molecule has 0 bridgehead atoms. The molecule has 3 amide bonds. The lowest BCUT2D eigenvalue weighted by Gasteiger charge is -2.19. The summed E-state index contributed by atoms with van der Waals surface area (Å²) in [6, 6.07) is 6.99. The summed E-state index contributed by atoms with van der Waals surface area (Å²) in [5.74, 6) is 0.246. The lowest BCUT2D eigenvalue weighted by molar-refractivity contribution is -0.123. The van der Waals surface area contributed by atoms with Gasteiger partial charge in [-0.15, -0.1) is 12.4 Å². The number of anilines is 1. The van der Waals surface area contributed by atoms with Crippen LogP contribution in [0.5, 0.6) is 0 Å². The van der Waals surface area contributed by atoms with Gasteiger partial charge in [0.1, 0.15) is 0 Å². The maximum absolute atomic E-state index is 12.1. The van der Waals surface area contributed by atoms with Gasteiger partial charge in [-0.1, -0.05) is 26.0 Å². The molecule has 2 rings (SSSR count). The number of hydrogen-bond acceptors (Lipinski definition) is 3. The number of amides is 3. The summed E-state index contributed by atoms with van der Waals surface area (Å²) >= 11 is 0. The maximum atomic E-state index is 12.1. The summed E-state index contributed by atoms with van der Waals surface area (Å²) in [6.07, 6.45) is 2.78. The van der Waals surface area contributed by atoms with Crippen molar-refractivity contribution in [1.82, 2.24) is 10.6 Å². The average molecular weight is 369 g/mol. The Morgan fingerprint density at radius 3 is 2.28 bits per heavy atom. The van der Waals surface area contributed by atoms with E-state index in [0.29, 0.717) is 18.4 Å². The largest absolute Gasteiger partial charge is 0.348 e. The molecule has 140 valence electrons. The van der Waals surface area contributed by atoms with E-state index >= 15 is 0 Å². The van der Waals surface area contributed by atoms with E-state index in [1.807, 2.05) is 45.0 Å². The molecule has 0 heterocycles. The first-order valence-corrected chi connectivity index (χ1v) is 8.58. The molecule has 5 N–H and O–H groups in total. The van der Waals surface area contributed by atoms with Gasteiger partial charge in [0.2, 0.25) is 5.91 Å². The van der Waals surface area contributed by atoms with E-state index < -0.39 is 6.04 Å². The second kappa shape index (κ2) is 9.63. The van der Waals surface area contributed by atoms with Gasteiger partial charge in [0.05, 0.1) is 12.1 Å². The zero-order chi connectivity index (χ0) is 17.7. The second-order valence-electron chi connectivity index (χ2n) is 6.96. The SMILES string of the molecule is CC(C)C[C@H](N)C(=O)NC(C)c1ccc(NC(=O)NC2CC2)cc1.Cl. The van der Waals surface area contributed by atoms with Crippen molar-refractivity contribution < 1.29 is 9.59 Å². The molecule has 1 aliphatic rings. The molecule has 2 atom stereocenters. The third-order valence-corrected chi connectivity index (χ3v) is 4.00. The molecular weight excluding hydrogens is 340 g/mol. The highest BCUT2D eigenvalue weighted by atomic mass is 35.5. The van der Waals surface area contributed by atoms with Crippen molar-refractivity contribution in [2.75, 3.05) is 5.32 Å². The van der Waals surface area contributed by atoms with Crippen molar-refractivity contribution in [3.8, 4) is 0 Å². The lowest BCUT2D eigenvalue weighted by atomic mass is 10.0. The molecule has 0 saturated heterocycles. The number of rotatable bonds is 7. The number of nitrogens with two attached hydrogens (primary N) is 1. The fourth-order valence-corrected chi connectivity index (χ4v) is 2.45. The van der Waals surface area contributed by atoms with Crippen molar-refractivity contribution in [1.29, 1.82) is 0 Å². The lowest BCUT2D eigenvalue weighted by Crippen LogP contribution is -2.42. The highest BCUT2D eigenvalue weighted by molar-refractivity contribution is 5.89. The molecule has 1 aromatic carbocycles. The molecule has 6 nitrogen and oxygen atoms in total. The quantitative estimate of drug-likeness (QED) is 0.595. The van der Waals surface area contributed by atoms with Crippen LogP contribution in [0.3, 0.4) is 0 Å². The fourth-order valence-electron chi connectivity index (χ4n) is 2.45. The Morgan fingerprint density at radius 2 is 1.76 bits per heavy atom. The Balaban J connectivity index is 0.00000312. The third-order valence-electron chi connectivity index (χ3n) is 4.00. The fraction of sp³-hybridized carbons (Fsp3) is 0.556. The van der Waals surface area contributed by atoms with E-state index in [1.54, 1.807) is 0 Å². The van der Waals surface area contributed by atoms with Crippen LogP contribution in [0.15, 0.2) is 24.3 Å². The van der Waals surface area contributed by atoms with Crippen molar-refractivity contribution in [3.05, 3.63) is 29.8 Å². The molecule has 0 aliphatic heterocycles. The van der Waals surface area contributed by atoms with Crippen molar-refractivity contribution >= 4 is 30.0 Å². The van der Waals surface area contributed by atoms with Gasteiger partial charge in [0, 0.05) is 11.7 Å². The summed E-state index contributed by atoms with van der Waals surface area (Å²) in [5.41, 5.74) is 7.60. The molecule has 1 aliphatic carbocycles. The van der Waals surface area contributed by atoms with E-state index in [4.69, 9.17) is 5.73 Å². The van der Waals surface area contributed by atoms with Gasteiger partial charge in [-0.2, -0.15) is 0 Å². The molecule has 1 saturated carbocycles. The number of benzene rings is 1. The minimum atomic E-state index is -0.487. The zero-order valence-electron chi connectivity index (χ0n) is 15.0. The highest BCUT2D eigenvalue weighted by Crippen LogP contribution is 2.19. The van der Waals surface area contributed by atoms with Gasteiger partial charge in [-0.05, 0) is 49.8 Å². The number of nitrogens with one attached hydrogen (secondary N) is 3. The molecule has 7 heteroatoms. The Labute approximate surface area is 155 Å². The number of urea groups is 1. The van der Waals surface area contributed by atoms with Crippen LogP contribution in [0.4, 0.5) is 10.5 Å². The monoisotopic (exact) mass is 368 g/mol. The number of hydrogen-bond donors (Lipinski definition) is 4. The standard InChI is InChI=1S/C18H28N4O2.ClH/c1-11(2)10-16(19)17(23)20-12(3)13-4-6-14(7-5-13)21-18(24)22-15-8-9-15;/h4-7,11-12,15-16H,8-10,19H2,1-3H3,(H,20,23)(H2,21,22,24);1H/t12?,16-;/m0./s1. The summed E-state index contributed by atoms with van der Waals surface area (Å²) < 4.78 is 0. The molecule has 0 radical (unpaired) electrons. The number of halogens is 1. The van der Waals surface area contributed by atoms with Crippen LogP contribution in [-0.2, 0) is 4.79 Å². The average Bonchev–Trinajstić information content (AvgIpc) is 3.30. The molecular formula is C18H29ClN4O2. The molecule has 0 spiro atoms.